The predicted octanol–water partition coefficient (Wildman–Crippen LogP) is 4.41. The number of ether oxygens (including phenoxy) is 1. The zero-order valence-corrected chi connectivity index (χ0v) is 16.3. The van der Waals surface area contributed by atoms with Crippen molar-refractivity contribution in [2.75, 3.05) is 11.9 Å². The van der Waals surface area contributed by atoms with Gasteiger partial charge in [-0.1, -0.05) is 35.3 Å². The second-order valence-electron chi connectivity index (χ2n) is 5.63. The van der Waals surface area contributed by atoms with Crippen LogP contribution < -0.4 is 15.5 Å². The highest BCUT2D eigenvalue weighted by Gasteiger charge is 2.38. The lowest BCUT2D eigenvalue weighted by atomic mass is 10.1. The first-order valence-electron chi connectivity index (χ1n) is 7.96. The number of hydrazone groups is 1. The molecule has 0 aliphatic carbocycles. The first kappa shape index (κ1) is 22.5. The summed E-state index contributed by atoms with van der Waals surface area (Å²) in [6.45, 7) is 1.15. The van der Waals surface area contributed by atoms with Gasteiger partial charge in [0.25, 0.3) is 5.91 Å². The number of anilines is 1. The third kappa shape index (κ3) is 6.95. The molecule has 0 aromatic heterocycles. The first-order valence-corrected chi connectivity index (χ1v) is 8.71. The molecule has 0 saturated carbocycles. The molecule has 11 heteroatoms. The van der Waals surface area contributed by atoms with Gasteiger partial charge in [0.15, 0.2) is 6.61 Å². The van der Waals surface area contributed by atoms with E-state index >= 15 is 0 Å². The van der Waals surface area contributed by atoms with E-state index < -0.39 is 18.0 Å². The third-order valence-electron chi connectivity index (χ3n) is 3.40. The average Bonchev–Trinajstić information content (AvgIpc) is 2.64. The van der Waals surface area contributed by atoms with Crippen LogP contribution in [-0.4, -0.2) is 30.3 Å². The molecule has 0 bridgehead atoms. The van der Waals surface area contributed by atoms with Gasteiger partial charge in [0, 0.05) is 10.7 Å². The van der Waals surface area contributed by atoms with Gasteiger partial charge in [-0.05, 0) is 42.8 Å². The minimum atomic E-state index is -5.00. The predicted molar refractivity (Wildman–Crippen MR) is 103 cm³/mol. The summed E-state index contributed by atoms with van der Waals surface area (Å²) in [6, 6.07) is 10.1. The van der Waals surface area contributed by atoms with E-state index in [0.29, 0.717) is 16.3 Å². The van der Waals surface area contributed by atoms with E-state index in [4.69, 9.17) is 27.9 Å². The van der Waals surface area contributed by atoms with Crippen LogP contribution in [0.4, 0.5) is 18.9 Å². The number of benzene rings is 2. The van der Waals surface area contributed by atoms with Crippen LogP contribution in [0.3, 0.4) is 0 Å². The van der Waals surface area contributed by atoms with Gasteiger partial charge in [0.2, 0.25) is 0 Å². The van der Waals surface area contributed by atoms with Crippen molar-refractivity contribution in [1.29, 1.82) is 0 Å². The summed E-state index contributed by atoms with van der Waals surface area (Å²) in [5.41, 5.74) is 2.88. The van der Waals surface area contributed by atoms with E-state index in [9.17, 15) is 22.8 Å². The summed E-state index contributed by atoms with van der Waals surface area (Å²) in [4.78, 5) is 22.9. The van der Waals surface area contributed by atoms with Crippen molar-refractivity contribution in [1.82, 2.24) is 5.43 Å². The molecular weight excluding hydrogens is 434 g/mol. The highest BCUT2D eigenvalue weighted by Crippen LogP contribution is 2.27. The van der Waals surface area contributed by atoms with Crippen LogP contribution in [-0.2, 0) is 9.59 Å². The topological polar surface area (TPSA) is 79.8 Å². The Kier molecular flexibility index (Phi) is 7.46. The summed E-state index contributed by atoms with van der Waals surface area (Å²) in [7, 11) is 0. The zero-order valence-electron chi connectivity index (χ0n) is 14.8. The minimum absolute atomic E-state index is 0.0635. The molecule has 0 fully saturated rings. The minimum Gasteiger partial charge on any atom is -0.482 e. The number of carbonyl (C=O) groups is 2. The van der Waals surface area contributed by atoms with Crippen LogP contribution in [0.15, 0.2) is 47.6 Å². The van der Waals surface area contributed by atoms with Crippen molar-refractivity contribution in [2.24, 2.45) is 5.10 Å². The van der Waals surface area contributed by atoms with E-state index in [1.807, 2.05) is 0 Å². The average molecular weight is 448 g/mol. The fourth-order valence-electron chi connectivity index (χ4n) is 2.00. The zero-order chi connectivity index (χ0) is 21.6. The molecule has 0 radical (unpaired) electrons. The van der Waals surface area contributed by atoms with Crippen molar-refractivity contribution in [3.05, 3.63) is 58.1 Å². The third-order valence-corrected chi connectivity index (χ3v) is 3.93. The maximum atomic E-state index is 12.3. The van der Waals surface area contributed by atoms with E-state index in [-0.39, 0.29) is 23.1 Å². The van der Waals surface area contributed by atoms with Gasteiger partial charge >= 0.3 is 12.1 Å². The Balaban J connectivity index is 1.95. The van der Waals surface area contributed by atoms with Crippen LogP contribution in [0, 0.1) is 0 Å². The van der Waals surface area contributed by atoms with Crippen LogP contribution in [0.25, 0.3) is 0 Å². The number of halogens is 5. The Morgan fingerprint density at radius 2 is 1.86 bits per heavy atom. The monoisotopic (exact) mass is 447 g/mol. The summed E-state index contributed by atoms with van der Waals surface area (Å²) in [5.74, 6) is -2.41. The lowest BCUT2D eigenvalue weighted by molar-refractivity contribution is -0.167. The molecule has 2 N–H and O–H groups in total. The molecule has 2 amide bonds. The molecule has 0 aliphatic rings. The maximum Gasteiger partial charge on any atom is 0.471 e. The molecule has 0 spiro atoms. The van der Waals surface area contributed by atoms with Crippen LogP contribution in [0.5, 0.6) is 5.75 Å². The fraction of sp³-hybridized carbons (Fsp3) is 0.167. The number of hydrogen-bond acceptors (Lipinski definition) is 4. The SMILES string of the molecule is C/C(=N/NC(=O)COc1ccc(Cl)cc1Cl)c1cccc(NC(=O)C(F)(F)F)c1. The standard InChI is InChI=1S/C18H14Cl2F3N3O3/c1-10(11-3-2-4-13(7-11)24-17(28)18(21,22)23)25-26-16(27)9-29-15-6-5-12(19)8-14(15)20/h2-8H,9H2,1H3,(H,24,28)(H,26,27)/b25-10-. The number of amides is 2. The second-order valence-corrected chi connectivity index (χ2v) is 6.47. The molecule has 2 aromatic carbocycles. The van der Waals surface area contributed by atoms with Gasteiger partial charge in [0.1, 0.15) is 5.75 Å². The molecule has 2 aromatic rings. The maximum absolute atomic E-state index is 12.3. The van der Waals surface area contributed by atoms with Gasteiger partial charge in [-0.2, -0.15) is 18.3 Å². The molecule has 154 valence electrons. The van der Waals surface area contributed by atoms with Gasteiger partial charge in [-0.3, -0.25) is 9.59 Å². The van der Waals surface area contributed by atoms with Crippen molar-refractivity contribution in [3.8, 4) is 5.75 Å². The molecule has 2 rings (SSSR count). The molecule has 0 saturated heterocycles. The van der Waals surface area contributed by atoms with Gasteiger partial charge in [-0.25, -0.2) is 5.43 Å². The number of hydrogen-bond donors (Lipinski definition) is 2. The second kappa shape index (κ2) is 9.62. The Morgan fingerprint density at radius 1 is 1.14 bits per heavy atom. The fourth-order valence-corrected chi connectivity index (χ4v) is 2.47. The molecular formula is C18H14Cl2F3N3O3. The molecule has 0 unspecified atom stereocenters. The number of nitrogens with one attached hydrogen (secondary N) is 2. The normalized spacial score (nSPS) is 11.7. The molecule has 29 heavy (non-hydrogen) atoms. The van der Waals surface area contributed by atoms with Crippen molar-refractivity contribution >= 4 is 46.4 Å². The number of rotatable bonds is 6. The van der Waals surface area contributed by atoms with E-state index in [0.717, 1.165) is 0 Å². The summed E-state index contributed by atoms with van der Waals surface area (Å²) in [6.07, 6.45) is -5.00. The Labute approximate surface area is 173 Å². The number of alkyl halides is 3. The number of carbonyl (C=O) groups excluding carboxylic acids is 2. The quantitative estimate of drug-likeness (QED) is 0.508. The highest BCUT2D eigenvalue weighted by atomic mass is 35.5. The first-order chi connectivity index (χ1) is 13.6. The van der Waals surface area contributed by atoms with Crippen LogP contribution >= 0.6 is 23.2 Å². The summed E-state index contributed by atoms with van der Waals surface area (Å²) in [5, 5.41) is 6.26. The van der Waals surface area contributed by atoms with E-state index in [1.165, 1.54) is 37.3 Å². The van der Waals surface area contributed by atoms with E-state index in [1.54, 1.807) is 17.4 Å². The Bertz CT molecular complexity index is 949. The highest BCUT2D eigenvalue weighted by molar-refractivity contribution is 6.35. The van der Waals surface area contributed by atoms with Crippen LogP contribution in [0.1, 0.15) is 12.5 Å². The molecule has 0 aliphatic heterocycles. The largest absolute Gasteiger partial charge is 0.482 e. The molecule has 6 nitrogen and oxygen atoms in total. The molecule has 0 heterocycles. The van der Waals surface area contributed by atoms with Gasteiger partial charge in [0.05, 0.1) is 10.7 Å². The summed E-state index contributed by atoms with van der Waals surface area (Å²) >= 11 is 11.7. The van der Waals surface area contributed by atoms with Gasteiger partial charge < -0.3 is 10.1 Å². The Hall–Kier alpha value is -2.78. The van der Waals surface area contributed by atoms with E-state index in [2.05, 4.69) is 10.5 Å². The lowest BCUT2D eigenvalue weighted by Gasteiger charge is -2.10. The lowest BCUT2D eigenvalue weighted by Crippen LogP contribution is -2.30. The number of nitrogens with zero attached hydrogens (tertiary/aromatic N) is 1. The Morgan fingerprint density at radius 3 is 2.52 bits per heavy atom. The van der Waals surface area contributed by atoms with Crippen molar-refractivity contribution in [2.45, 2.75) is 13.1 Å². The summed E-state index contributed by atoms with van der Waals surface area (Å²) < 4.78 is 42.3. The van der Waals surface area contributed by atoms with Crippen molar-refractivity contribution in [3.63, 3.8) is 0 Å². The van der Waals surface area contributed by atoms with Gasteiger partial charge in [-0.15, -0.1) is 0 Å². The van der Waals surface area contributed by atoms with Crippen molar-refractivity contribution < 1.29 is 27.5 Å². The van der Waals surface area contributed by atoms with Crippen LogP contribution in [0.2, 0.25) is 10.0 Å². The molecule has 0 atom stereocenters. The smallest absolute Gasteiger partial charge is 0.471 e.